The standard InChI is InChI=1S/C11H16N4O/c12-5-7-15(8-6-13)11(16)9-3-1-2-4-10(9)14/h9-10H,1-4,7-8,14H2. The van der Waals surface area contributed by atoms with Crippen molar-refractivity contribution < 1.29 is 4.79 Å². The molecule has 0 bridgehead atoms. The number of nitriles is 2. The normalized spacial score (nSPS) is 24.2. The van der Waals surface area contributed by atoms with Gasteiger partial charge in [-0.25, -0.2) is 0 Å². The van der Waals surface area contributed by atoms with Gasteiger partial charge in [0.15, 0.2) is 0 Å². The molecule has 1 aliphatic rings. The number of amides is 1. The van der Waals surface area contributed by atoms with E-state index in [0.717, 1.165) is 25.7 Å². The van der Waals surface area contributed by atoms with E-state index in [1.807, 2.05) is 12.1 Å². The maximum atomic E-state index is 12.0. The van der Waals surface area contributed by atoms with E-state index in [2.05, 4.69) is 0 Å². The zero-order valence-electron chi connectivity index (χ0n) is 9.22. The van der Waals surface area contributed by atoms with Gasteiger partial charge in [-0.05, 0) is 12.8 Å². The van der Waals surface area contributed by atoms with E-state index in [0.29, 0.717) is 0 Å². The lowest BCUT2D eigenvalue weighted by atomic mass is 9.84. The van der Waals surface area contributed by atoms with Gasteiger partial charge in [0.1, 0.15) is 13.1 Å². The Kier molecular flexibility index (Phi) is 4.75. The number of nitrogens with zero attached hydrogens (tertiary/aromatic N) is 3. The molecule has 2 unspecified atom stereocenters. The number of nitrogens with two attached hydrogens (primary N) is 1. The molecule has 1 aliphatic carbocycles. The van der Waals surface area contributed by atoms with E-state index >= 15 is 0 Å². The second-order valence-electron chi connectivity index (χ2n) is 4.07. The molecular formula is C11H16N4O. The fourth-order valence-electron chi connectivity index (χ4n) is 2.08. The fourth-order valence-corrected chi connectivity index (χ4v) is 2.08. The average molecular weight is 220 g/mol. The predicted molar refractivity (Wildman–Crippen MR) is 57.7 cm³/mol. The van der Waals surface area contributed by atoms with Gasteiger partial charge >= 0.3 is 0 Å². The quantitative estimate of drug-likeness (QED) is 0.695. The van der Waals surface area contributed by atoms with Gasteiger partial charge in [0.2, 0.25) is 5.91 Å². The minimum Gasteiger partial charge on any atom is -0.327 e. The van der Waals surface area contributed by atoms with Crippen LogP contribution in [0.1, 0.15) is 25.7 Å². The topological polar surface area (TPSA) is 93.9 Å². The van der Waals surface area contributed by atoms with Gasteiger partial charge in [0.25, 0.3) is 0 Å². The summed E-state index contributed by atoms with van der Waals surface area (Å²) in [6, 6.07) is 3.68. The zero-order valence-corrected chi connectivity index (χ0v) is 9.22. The molecule has 0 heterocycles. The van der Waals surface area contributed by atoms with Crippen molar-refractivity contribution in [3.63, 3.8) is 0 Å². The Morgan fingerprint density at radius 1 is 1.25 bits per heavy atom. The summed E-state index contributed by atoms with van der Waals surface area (Å²) in [5.41, 5.74) is 5.90. The molecule has 1 fully saturated rings. The first-order valence-corrected chi connectivity index (χ1v) is 5.49. The van der Waals surface area contributed by atoms with Crippen LogP contribution in [-0.2, 0) is 4.79 Å². The molecule has 86 valence electrons. The highest BCUT2D eigenvalue weighted by molar-refractivity contribution is 5.80. The van der Waals surface area contributed by atoms with Crippen LogP contribution in [0.2, 0.25) is 0 Å². The average Bonchev–Trinajstić information content (AvgIpc) is 2.28. The molecule has 1 rings (SSSR count). The summed E-state index contributed by atoms with van der Waals surface area (Å²) in [7, 11) is 0. The van der Waals surface area contributed by atoms with Crippen molar-refractivity contribution in [3.05, 3.63) is 0 Å². The van der Waals surface area contributed by atoms with Crippen molar-refractivity contribution in [3.8, 4) is 12.1 Å². The van der Waals surface area contributed by atoms with Crippen molar-refractivity contribution in [2.24, 2.45) is 11.7 Å². The highest BCUT2D eigenvalue weighted by atomic mass is 16.2. The smallest absolute Gasteiger partial charge is 0.228 e. The van der Waals surface area contributed by atoms with E-state index in [1.165, 1.54) is 4.90 Å². The summed E-state index contributed by atoms with van der Waals surface area (Å²) in [5.74, 6) is -0.356. The SMILES string of the molecule is N#CCN(CC#N)C(=O)C1CCCCC1N. The number of carbonyl (C=O) groups excluding carboxylic acids is 1. The van der Waals surface area contributed by atoms with E-state index in [4.69, 9.17) is 16.3 Å². The van der Waals surface area contributed by atoms with Crippen LogP contribution in [0.3, 0.4) is 0 Å². The molecule has 0 spiro atoms. The molecule has 2 N–H and O–H groups in total. The monoisotopic (exact) mass is 220 g/mol. The first-order valence-electron chi connectivity index (χ1n) is 5.49. The molecule has 0 aromatic rings. The minimum atomic E-state index is -0.213. The lowest BCUT2D eigenvalue weighted by Gasteiger charge is -2.30. The van der Waals surface area contributed by atoms with E-state index in [9.17, 15) is 4.79 Å². The first-order chi connectivity index (χ1) is 7.70. The van der Waals surface area contributed by atoms with Crippen LogP contribution in [0.25, 0.3) is 0 Å². The fraction of sp³-hybridized carbons (Fsp3) is 0.727. The molecule has 2 atom stereocenters. The Bertz CT molecular complexity index is 312. The van der Waals surface area contributed by atoms with Gasteiger partial charge < -0.3 is 10.6 Å². The van der Waals surface area contributed by atoms with Gasteiger partial charge in [-0.2, -0.15) is 10.5 Å². The van der Waals surface area contributed by atoms with Gasteiger partial charge in [-0.1, -0.05) is 12.8 Å². The summed E-state index contributed by atoms with van der Waals surface area (Å²) in [6.45, 7) is -0.0643. The molecule has 0 aliphatic heterocycles. The molecule has 0 saturated heterocycles. The van der Waals surface area contributed by atoms with Crippen LogP contribution in [0.4, 0.5) is 0 Å². The Balaban J connectivity index is 2.66. The van der Waals surface area contributed by atoms with Crippen LogP contribution >= 0.6 is 0 Å². The largest absolute Gasteiger partial charge is 0.327 e. The number of carbonyl (C=O) groups is 1. The number of rotatable bonds is 3. The van der Waals surface area contributed by atoms with Crippen LogP contribution in [-0.4, -0.2) is 29.9 Å². The number of hydrogen-bond acceptors (Lipinski definition) is 4. The number of hydrogen-bond donors (Lipinski definition) is 1. The Morgan fingerprint density at radius 3 is 2.31 bits per heavy atom. The van der Waals surface area contributed by atoms with E-state index < -0.39 is 0 Å². The van der Waals surface area contributed by atoms with E-state index in [-0.39, 0.29) is 31.0 Å². The lowest BCUT2D eigenvalue weighted by molar-refractivity contribution is -0.135. The van der Waals surface area contributed by atoms with Crippen molar-refractivity contribution in [2.75, 3.05) is 13.1 Å². The molecule has 1 saturated carbocycles. The third kappa shape index (κ3) is 2.95. The summed E-state index contributed by atoms with van der Waals surface area (Å²) >= 11 is 0. The molecule has 0 aromatic carbocycles. The van der Waals surface area contributed by atoms with Gasteiger partial charge in [-0.15, -0.1) is 0 Å². The maximum absolute atomic E-state index is 12.0. The maximum Gasteiger partial charge on any atom is 0.228 e. The molecule has 5 nitrogen and oxygen atoms in total. The Labute approximate surface area is 95.4 Å². The van der Waals surface area contributed by atoms with Crippen LogP contribution in [0.5, 0.6) is 0 Å². The molecule has 1 amide bonds. The Morgan fingerprint density at radius 2 is 1.81 bits per heavy atom. The summed E-state index contributed by atoms with van der Waals surface area (Å²) in [4.78, 5) is 13.3. The van der Waals surface area contributed by atoms with Crippen LogP contribution in [0.15, 0.2) is 0 Å². The van der Waals surface area contributed by atoms with Gasteiger partial charge in [0, 0.05) is 6.04 Å². The molecule has 0 aromatic heterocycles. The highest BCUT2D eigenvalue weighted by Gasteiger charge is 2.31. The predicted octanol–water partition coefficient (Wildman–Crippen LogP) is 0.380. The highest BCUT2D eigenvalue weighted by Crippen LogP contribution is 2.24. The molecule has 5 heteroatoms. The molecular weight excluding hydrogens is 204 g/mol. The van der Waals surface area contributed by atoms with Crippen LogP contribution in [0, 0.1) is 28.6 Å². The summed E-state index contributed by atoms with van der Waals surface area (Å²) in [6.07, 6.45) is 3.68. The van der Waals surface area contributed by atoms with Gasteiger partial charge in [-0.3, -0.25) is 4.79 Å². The third-order valence-electron chi connectivity index (χ3n) is 2.97. The second kappa shape index (κ2) is 6.09. The van der Waals surface area contributed by atoms with Crippen molar-refractivity contribution in [1.29, 1.82) is 10.5 Å². The summed E-state index contributed by atoms with van der Waals surface area (Å²) < 4.78 is 0. The third-order valence-corrected chi connectivity index (χ3v) is 2.97. The van der Waals surface area contributed by atoms with Gasteiger partial charge in [0.05, 0.1) is 18.1 Å². The lowest BCUT2D eigenvalue weighted by Crippen LogP contribution is -2.46. The van der Waals surface area contributed by atoms with Crippen LogP contribution < -0.4 is 5.73 Å². The van der Waals surface area contributed by atoms with Crippen molar-refractivity contribution in [1.82, 2.24) is 4.90 Å². The molecule has 16 heavy (non-hydrogen) atoms. The van der Waals surface area contributed by atoms with E-state index in [1.54, 1.807) is 0 Å². The van der Waals surface area contributed by atoms with Crippen molar-refractivity contribution in [2.45, 2.75) is 31.7 Å². The Hall–Kier alpha value is -1.59. The van der Waals surface area contributed by atoms with Crippen molar-refractivity contribution >= 4 is 5.91 Å². The summed E-state index contributed by atoms with van der Waals surface area (Å²) in [5, 5.41) is 17.2. The zero-order chi connectivity index (χ0) is 12.0. The molecule has 0 radical (unpaired) electrons. The second-order valence-corrected chi connectivity index (χ2v) is 4.07. The first kappa shape index (κ1) is 12.5. The minimum absolute atomic E-state index is 0.0321.